The van der Waals surface area contributed by atoms with Crippen LogP contribution in [0.3, 0.4) is 0 Å². The normalized spacial score (nSPS) is 13.0. The Kier molecular flexibility index (Phi) is 2.69. The molecule has 3 heteroatoms. The lowest BCUT2D eigenvalue weighted by molar-refractivity contribution is 0.669. The molecule has 3 nitrogen and oxygen atoms in total. The summed E-state index contributed by atoms with van der Waals surface area (Å²) in [6, 6.07) is 23.3. The van der Waals surface area contributed by atoms with Crippen molar-refractivity contribution < 1.29 is 4.42 Å². The molecule has 0 aliphatic heterocycles. The van der Waals surface area contributed by atoms with Crippen LogP contribution in [0.5, 0.6) is 0 Å². The number of amidine groups is 1. The molecule has 0 unspecified atom stereocenters. The smallest absolute Gasteiger partial charge is 0.136 e. The van der Waals surface area contributed by atoms with E-state index >= 15 is 0 Å². The molecule has 0 atom stereocenters. The van der Waals surface area contributed by atoms with E-state index in [9.17, 15) is 0 Å². The van der Waals surface area contributed by atoms with Crippen molar-refractivity contribution >= 4 is 38.5 Å². The second-order valence-electron chi connectivity index (χ2n) is 6.99. The Hall–Kier alpha value is -3.59. The van der Waals surface area contributed by atoms with Gasteiger partial charge in [0, 0.05) is 23.4 Å². The van der Waals surface area contributed by atoms with Gasteiger partial charge in [0.15, 0.2) is 0 Å². The van der Waals surface area contributed by atoms with Crippen molar-refractivity contribution in [1.29, 1.82) is 0 Å². The van der Waals surface area contributed by atoms with Gasteiger partial charge in [-0.05, 0) is 51.2 Å². The second-order valence-corrected chi connectivity index (χ2v) is 6.99. The number of nitrogens with zero attached hydrogens (tertiary/aromatic N) is 1. The highest BCUT2D eigenvalue weighted by molar-refractivity contribution is 6.28. The number of hydrogen-bond acceptors (Lipinski definition) is 2. The van der Waals surface area contributed by atoms with Crippen LogP contribution in [0.25, 0.3) is 55.0 Å². The highest BCUT2D eigenvalue weighted by Gasteiger charge is 2.25. The molecule has 27 heavy (non-hydrogen) atoms. The second kappa shape index (κ2) is 4.98. The number of furan rings is 1. The summed E-state index contributed by atoms with van der Waals surface area (Å²) in [5.41, 5.74) is 13.7. The van der Waals surface area contributed by atoms with Gasteiger partial charge in [-0.1, -0.05) is 48.5 Å². The summed E-state index contributed by atoms with van der Waals surface area (Å²) in [4.78, 5) is 4.14. The molecule has 2 N–H and O–H groups in total. The maximum Gasteiger partial charge on any atom is 0.136 e. The van der Waals surface area contributed by atoms with Gasteiger partial charge >= 0.3 is 0 Å². The summed E-state index contributed by atoms with van der Waals surface area (Å²) in [6.07, 6.45) is 0. The maximum absolute atomic E-state index is 6.19. The number of para-hydroxylation sites is 1. The summed E-state index contributed by atoms with van der Waals surface area (Å²) in [6.45, 7) is 0. The van der Waals surface area contributed by atoms with Gasteiger partial charge in [0.1, 0.15) is 17.0 Å². The maximum atomic E-state index is 6.19. The quantitative estimate of drug-likeness (QED) is 0.305. The average Bonchev–Trinajstić information content (AvgIpc) is 3.24. The molecule has 1 heterocycles. The molecule has 0 fully saturated rings. The molecule has 0 bridgehead atoms. The van der Waals surface area contributed by atoms with Gasteiger partial charge in [-0.3, -0.25) is 4.99 Å². The van der Waals surface area contributed by atoms with E-state index in [1.807, 2.05) is 18.2 Å². The van der Waals surface area contributed by atoms with Crippen LogP contribution in [0.4, 0.5) is 0 Å². The van der Waals surface area contributed by atoms with Crippen molar-refractivity contribution in [2.45, 2.75) is 0 Å². The monoisotopic (exact) mass is 348 g/mol. The van der Waals surface area contributed by atoms with Gasteiger partial charge in [-0.25, -0.2) is 0 Å². The van der Waals surface area contributed by atoms with Gasteiger partial charge in [0.05, 0.1) is 0 Å². The van der Waals surface area contributed by atoms with Crippen molar-refractivity contribution in [3.63, 3.8) is 0 Å². The van der Waals surface area contributed by atoms with Crippen LogP contribution < -0.4 is 5.73 Å². The van der Waals surface area contributed by atoms with Crippen molar-refractivity contribution in [2.75, 3.05) is 7.05 Å². The molecule has 4 aromatic carbocycles. The van der Waals surface area contributed by atoms with Crippen LogP contribution in [0.2, 0.25) is 0 Å². The zero-order valence-corrected chi connectivity index (χ0v) is 14.8. The summed E-state index contributed by atoms with van der Waals surface area (Å²) in [5, 5.41) is 4.87. The van der Waals surface area contributed by atoms with E-state index in [4.69, 9.17) is 10.2 Å². The molecular weight excluding hydrogens is 332 g/mol. The number of aliphatic imine (C=N–C) groups is 1. The van der Waals surface area contributed by atoms with Gasteiger partial charge < -0.3 is 10.2 Å². The fourth-order valence-electron chi connectivity index (χ4n) is 4.43. The van der Waals surface area contributed by atoms with E-state index in [0.29, 0.717) is 5.84 Å². The minimum Gasteiger partial charge on any atom is -0.456 e. The SMILES string of the molecule is C/N=C(\N)c1ccc2c(c1)-c1cc3oc4ccccc4c3c3cccc-2c13. The Bertz CT molecular complexity index is 1440. The van der Waals surface area contributed by atoms with E-state index in [0.717, 1.165) is 22.1 Å². The van der Waals surface area contributed by atoms with Crippen LogP contribution in [0, 0.1) is 0 Å². The Morgan fingerprint density at radius 3 is 2.48 bits per heavy atom. The predicted molar refractivity (Wildman–Crippen MR) is 112 cm³/mol. The predicted octanol–water partition coefficient (Wildman–Crippen LogP) is 5.72. The fourth-order valence-corrected chi connectivity index (χ4v) is 4.43. The van der Waals surface area contributed by atoms with E-state index in [1.165, 1.54) is 38.4 Å². The zero-order valence-electron chi connectivity index (χ0n) is 14.8. The highest BCUT2D eigenvalue weighted by Crippen LogP contribution is 2.50. The molecule has 0 amide bonds. The van der Waals surface area contributed by atoms with Crippen LogP contribution in [0.1, 0.15) is 5.56 Å². The first-order valence-corrected chi connectivity index (χ1v) is 9.00. The van der Waals surface area contributed by atoms with E-state index in [1.54, 1.807) is 7.05 Å². The number of rotatable bonds is 1. The molecular formula is C24H16N2O. The Labute approximate surface area is 155 Å². The summed E-state index contributed by atoms with van der Waals surface area (Å²) >= 11 is 0. The van der Waals surface area contributed by atoms with Crippen LogP contribution in [-0.2, 0) is 0 Å². The van der Waals surface area contributed by atoms with Gasteiger partial charge in [0.2, 0.25) is 0 Å². The van der Waals surface area contributed by atoms with E-state index < -0.39 is 0 Å². The average molecular weight is 348 g/mol. The molecule has 6 rings (SSSR count). The van der Waals surface area contributed by atoms with Gasteiger partial charge in [-0.2, -0.15) is 0 Å². The number of nitrogens with two attached hydrogens (primary N) is 1. The zero-order chi connectivity index (χ0) is 18.1. The Morgan fingerprint density at radius 2 is 1.59 bits per heavy atom. The summed E-state index contributed by atoms with van der Waals surface area (Å²) < 4.78 is 6.19. The van der Waals surface area contributed by atoms with E-state index in [-0.39, 0.29) is 0 Å². The minimum atomic E-state index is 0.551. The summed E-state index contributed by atoms with van der Waals surface area (Å²) in [7, 11) is 1.72. The van der Waals surface area contributed by atoms with Crippen molar-refractivity contribution in [3.8, 4) is 22.3 Å². The third-order valence-electron chi connectivity index (χ3n) is 5.64. The number of fused-ring (bicyclic) bond motifs is 7. The topological polar surface area (TPSA) is 51.5 Å². The van der Waals surface area contributed by atoms with Gasteiger partial charge in [0.25, 0.3) is 0 Å². The highest BCUT2D eigenvalue weighted by atomic mass is 16.3. The van der Waals surface area contributed by atoms with Crippen LogP contribution in [0.15, 0.2) is 76.1 Å². The van der Waals surface area contributed by atoms with E-state index in [2.05, 4.69) is 53.5 Å². The van der Waals surface area contributed by atoms with Crippen molar-refractivity contribution in [1.82, 2.24) is 0 Å². The third-order valence-corrected chi connectivity index (χ3v) is 5.64. The fraction of sp³-hybridized carbons (Fsp3) is 0.0417. The first kappa shape index (κ1) is 14.6. The number of benzene rings is 4. The third kappa shape index (κ3) is 1.78. The first-order valence-electron chi connectivity index (χ1n) is 9.00. The van der Waals surface area contributed by atoms with Gasteiger partial charge in [-0.15, -0.1) is 0 Å². The first-order chi connectivity index (χ1) is 13.3. The largest absolute Gasteiger partial charge is 0.456 e. The van der Waals surface area contributed by atoms with Crippen LogP contribution in [-0.4, -0.2) is 12.9 Å². The molecule has 0 saturated heterocycles. The molecule has 1 aromatic heterocycles. The minimum absolute atomic E-state index is 0.551. The molecule has 0 saturated carbocycles. The molecule has 128 valence electrons. The molecule has 1 aliphatic carbocycles. The lowest BCUT2D eigenvalue weighted by atomic mass is 9.98. The van der Waals surface area contributed by atoms with Crippen LogP contribution >= 0.6 is 0 Å². The standard InChI is InChI=1S/C24H16N2O/c1-26-24(25)13-9-10-14-15-6-4-7-17-22(15)19(18(14)11-13)12-21-23(17)16-5-2-3-8-20(16)27-21/h2-12H,1H3,(H2,25,26). The molecule has 0 spiro atoms. The lowest BCUT2D eigenvalue weighted by Crippen LogP contribution is -2.12. The molecule has 0 radical (unpaired) electrons. The summed E-state index contributed by atoms with van der Waals surface area (Å²) in [5.74, 6) is 0.551. The Morgan fingerprint density at radius 1 is 0.741 bits per heavy atom. The lowest BCUT2D eigenvalue weighted by Gasteiger charge is -2.06. The van der Waals surface area contributed by atoms with Crippen molar-refractivity contribution in [3.05, 3.63) is 72.3 Å². The Balaban J connectivity index is 1.80. The molecule has 1 aliphatic rings. The van der Waals surface area contributed by atoms with Crippen molar-refractivity contribution in [2.24, 2.45) is 10.7 Å². The number of hydrogen-bond donors (Lipinski definition) is 1. The molecule has 5 aromatic rings.